The first-order valence-corrected chi connectivity index (χ1v) is 7.45. The highest BCUT2D eigenvalue weighted by atomic mass is 16.3. The molecule has 0 saturated heterocycles. The van der Waals surface area contributed by atoms with Crippen LogP contribution in [0.25, 0.3) is 17.4 Å². The summed E-state index contributed by atoms with van der Waals surface area (Å²) in [6.07, 6.45) is 7.17. The van der Waals surface area contributed by atoms with Gasteiger partial charge in [-0.15, -0.1) is 0 Å². The van der Waals surface area contributed by atoms with Crippen LogP contribution in [0, 0.1) is 0 Å². The van der Waals surface area contributed by atoms with Gasteiger partial charge in [-0.25, -0.2) is 4.98 Å². The molecule has 0 radical (unpaired) electrons. The van der Waals surface area contributed by atoms with Crippen LogP contribution in [-0.4, -0.2) is 16.6 Å². The van der Waals surface area contributed by atoms with Gasteiger partial charge < -0.3 is 14.8 Å². The van der Waals surface area contributed by atoms with E-state index in [4.69, 9.17) is 4.42 Å². The van der Waals surface area contributed by atoms with Crippen molar-refractivity contribution in [1.29, 1.82) is 0 Å². The Balaban J connectivity index is 1.66. The molecular weight excluding hydrogens is 288 g/mol. The Morgan fingerprint density at radius 3 is 2.74 bits per heavy atom. The number of aliphatic hydroxyl groups is 1. The minimum absolute atomic E-state index is 0.0502. The van der Waals surface area contributed by atoms with E-state index in [1.807, 2.05) is 36.4 Å². The normalized spacial score (nSPS) is 11.0. The first-order chi connectivity index (χ1) is 11.4. The van der Waals surface area contributed by atoms with Crippen LogP contribution in [0.2, 0.25) is 0 Å². The Morgan fingerprint density at radius 1 is 1.13 bits per heavy atom. The molecule has 0 unspecified atom stereocenters. The maximum atomic E-state index is 9.56. The van der Waals surface area contributed by atoms with Crippen molar-refractivity contribution in [1.82, 2.24) is 4.98 Å². The standard InChI is InChI=1S/C19H18N2O2/c22-13-16-11-17(8-9-18(16)19-12-20-14-23-19)21-10-4-7-15-5-2-1-3-6-15/h1-9,11-12,14,21-22H,10,13H2. The second-order valence-electron chi connectivity index (χ2n) is 5.09. The predicted molar refractivity (Wildman–Crippen MR) is 91.8 cm³/mol. The van der Waals surface area contributed by atoms with E-state index >= 15 is 0 Å². The number of rotatable bonds is 6. The summed E-state index contributed by atoms with van der Waals surface area (Å²) in [5, 5.41) is 12.9. The van der Waals surface area contributed by atoms with E-state index in [-0.39, 0.29) is 6.61 Å². The lowest BCUT2D eigenvalue weighted by Gasteiger charge is -2.09. The highest BCUT2D eigenvalue weighted by Crippen LogP contribution is 2.26. The average molecular weight is 306 g/mol. The van der Waals surface area contributed by atoms with Crippen LogP contribution in [0.3, 0.4) is 0 Å². The summed E-state index contributed by atoms with van der Waals surface area (Å²) >= 11 is 0. The van der Waals surface area contributed by atoms with E-state index in [1.54, 1.807) is 6.20 Å². The van der Waals surface area contributed by atoms with Gasteiger partial charge in [-0.3, -0.25) is 0 Å². The van der Waals surface area contributed by atoms with E-state index in [1.165, 1.54) is 12.0 Å². The smallest absolute Gasteiger partial charge is 0.181 e. The molecule has 2 N–H and O–H groups in total. The third-order valence-corrected chi connectivity index (χ3v) is 3.51. The van der Waals surface area contributed by atoms with E-state index in [9.17, 15) is 5.11 Å². The first-order valence-electron chi connectivity index (χ1n) is 7.45. The molecule has 0 spiro atoms. The van der Waals surface area contributed by atoms with Crippen LogP contribution in [-0.2, 0) is 6.61 Å². The van der Waals surface area contributed by atoms with Gasteiger partial charge in [0.15, 0.2) is 12.2 Å². The van der Waals surface area contributed by atoms with E-state index in [0.717, 1.165) is 16.8 Å². The lowest BCUT2D eigenvalue weighted by molar-refractivity contribution is 0.282. The maximum absolute atomic E-state index is 9.56. The van der Waals surface area contributed by atoms with Crippen LogP contribution in [0.5, 0.6) is 0 Å². The number of aromatic nitrogens is 1. The molecule has 23 heavy (non-hydrogen) atoms. The Hall–Kier alpha value is -2.85. The summed E-state index contributed by atoms with van der Waals surface area (Å²) in [5.74, 6) is 0.657. The van der Waals surface area contributed by atoms with Gasteiger partial charge in [0, 0.05) is 17.8 Å². The number of nitrogens with one attached hydrogen (secondary N) is 1. The van der Waals surface area contributed by atoms with Crippen molar-refractivity contribution in [3.05, 3.63) is 78.3 Å². The highest BCUT2D eigenvalue weighted by molar-refractivity contribution is 5.65. The third kappa shape index (κ3) is 3.87. The van der Waals surface area contributed by atoms with Gasteiger partial charge in [-0.1, -0.05) is 42.5 Å². The van der Waals surface area contributed by atoms with Crippen LogP contribution >= 0.6 is 0 Å². The number of hydrogen-bond acceptors (Lipinski definition) is 4. The Kier molecular flexibility index (Phi) is 4.86. The van der Waals surface area contributed by atoms with Gasteiger partial charge in [-0.2, -0.15) is 0 Å². The minimum atomic E-state index is -0.0502. The van der Waals surface area contributed by atoms with E-state index in [2.05, 4.69) is 34.6 Å². The predicted octanol–water partition coefficient (Wildman–Crippen LogP) is 3.96. The van der Waals surface area contributed by atoms with Gasteiger partial charge >= 0.3 is 0 Å². The molecule has 0 atom stereocenters. The second-order valence-corrected chi connectivity index (χ2v) is 5.09. The summed E-state index contributed by atoms with van der Waals surface area (Å²) in [6.45, 7) is 0.660. The van der Waals surface area contributed by atoms with Crippen molar-refractivity contribution in [2.45, 2.75) is 6.61 Å². The van der Waals surface area contributed by atoms with Crippen LogP contribution < -0.4 is 5.32 Å². The molecule has 0 aliphatic heterocycles. The fourth-order valence-electron chi connectivity index (χ4n) is 2.36. The Labute approximate surface area is 135 Å². The van der Waals surface area contributed by atoms with Crippen molar-refractivity contribution in [2.24, 2.45) is 0 Å². The molecule has 1 aromatic heterocycles. The van der Waals surface area contributed by atoms with Gasteiger partial charge in [0.05, 0.1) is 12.8 Å². The van der Waals surface area contributed by atoms with Gasteiger partial charge in [0.25, 0.3) is 0 Å². The monoisotopic (exact) mass is 306 g/mol. The minimum Gasteiger partial charge on any atom is -0.444 e. The van der Waals surface area contributed by atoms with Crippen molar-refractivity contribution >= 4 is 11.8 Å². The number of anilines is 1. The van der Waals surface area contributed by atoms with Gasteiger partial charge in [0.1, 0.15) is 0 Å². The molecule has 0 amide bonds. The highest BCUT2D eigenvalue weighted by Gasteiger charge is 2.08. The molecule has 116 valence electrons. The molecule has 1 heterocycles. The molecule has 0 saturated carbocycles. The van der Waals surface area contributed by atoms with Crippen LogP contribution in [0.1, 0.15) is 11.1 Å². The number of hydrogen-bond donors (Lipinski definition) is 2. The molecule has 0 bridgehead atoms. The second kappa shape index (κ2) is 7.42. The zero-order valence-electron chi connectivity index (χ0n) is 12.6. The average Bonchev–Trinajstić information content (AvgIpc) is 3.14. The summed E-state index contributed by atoms with van der Waals surface area (Å²) in [5.41, 5.74) is 3.79. The summed E-state index contributed by atoms with van der Waals surface area (Å²) in [7, 11) is 0. The number of benzene rings is 2. The zero-order valence-corrected chi connectivity index (χ0v) is 12.6. The molecule has 0 aliphatic rings. The summed E-state index contributed by atoms with van der Waals surface area (Å²) in [6, 6.07) is 16.0. The molecule has 4 nitrogen and oxygen atoms in total. The summed E-state index contributed by atoms with van der Waals surface area (Å²) in [4.78, 5) is 3.91. The lowest BCUT2D eigenvalue weighted by atomic mass is 10.1. The van der Waals surface area contributed by atoms with Gasteiger partial charge in [-0.05, 0) is 29.3 Å². The van der Waals surface area contributed by atoms with Gasteiger partial charge in [0.2, 0.25) is 0 Å². The first kappa shape index (κ1) is 15.1. The maximum Gasteiger partial charge on any atom is 0.181 e. The van der Waals surface area contributed by atoms with Crippen molar-refractivity contribution < 1.29 is 9.52 Å². The number of nitrogens with zero attached hydrogens (tertiary/aromatic N) is 1. The van der Waals surface area contributed by atoms with Crippen LogP contribution in [0.4, 0.5) is 5.69 Å². The Morgan fingerprint density at radius 2 is 2.00 bits per heavy atom. The molecule has 3 rings (SSSR count). The van der Waals surface area contributed by atoms with Crippen molar-refractivity contribution in [3.63, 3.8) is 0 Å². The molecule has 4 heteroatoms. The topological polar surface area (TPSA) is 58.3 Å². The molecule has 3 aromatic rings. The molecular formula is C19H18N2O2. The SMILES string of the molecule is OCc1cc(NCC=Cc2ccccc2)ccc1-c1cnco1. The fraction of sp³-hybridized carbons (Fsp3) is 0.105. The largest absolute Gasteiger partial charge is 0.444 e. The van der Waals surface area contributed by atoms with Crippen molar-refractivity contribution in [3.8, 4) is 11.3 Å². The lowest BCUT2D eigenvalue weighted by Crippen LogP contribution is -1.99. The molecule has 2 aromatic carbocycles. The molecule has 0 aliphatic carbocycles. The fourth-order valence-corrected chi connectivity index (χ4v) is 2.36. The van der Waals surface area contributed by atoms with Crippen molar-refractivity contribution in [2.75, 3.05) is 11.9 Å². The molecule has 0 fully saturated rings. The number of oxazole rings is 1. The number of aliphatic hydroxyl groups excluding tert-OH is 1. The van der Waals surface area contributed by atoms with E-state index in [0.29, 0.717) is 12.3 Å². The summed E-state index contributed by atoms with van der Waals surface area (Å²) < 4.78 is 5.30. The third-order valence-electron chi connectivity index (χ3n) is 3.51. The Bertz CT molecular complexity index is 765. The zero-order chi connectivity index (χ0) is 15.9. The quantitative estimate of drug-likeness (QED) is 0.724. The van der Waals surface area contributed by atoms with E-state index < -0.39 is 0 Å². The van der Waals surface area contributed by atoms with Crippen LogP contribution in [0.15, 0.2) is 71.6 Å².